The number of halogens is 1. The van der Waals surface area contributed by atoms with Crippen LogP contribution in [-0.4, -0.2) is 11.0 Å². The molecule has 0 fully saturated rings. The average molecular weight is 442 g/mol. The van der Waals surface area contributed by atoms with Crippen LogP contribution >= 0.6 is 0 Å². The van der Waals surface area contributed by atoms with Crippen molar-refractivity contribution in [1.29, 1.82) is 0 Å². The van der Waals surface area contributed by atoms with Crippen LogP contribution in [0.15, 0.2) is 66.7 Å². The Balaban J connectivity index is 1.67. The van der Waals surface area contributed by atoms with Crippen LogP contribution in [0.4, 0.5) is 4.39 Å². The van der Waals surface area contributed by atoms with Crippen LogP contribution in [0.3, 0.4) is 0 Å². The van der Waals surface area contributed by atoms with Crippen molar-refractivity contribution in [3.63, 3.8) is 0 Å². The molecular formula is C29H28FNO2. The summed E-state index contributed by atoms with van der Waals surface area (Å²) in [5.74, 6) is -0.724. The molecular weight excluding hydrogens is 413 g/mol. The van der Waals surface area contributed by atoms with E-state index in [1.165, 1.54) is 17.7 Å². The van der Waals surface area contributed by atoms with E-state index < -0.39 is 5.97 Å². The van der Waals surface area contributed by atoms with Crippen LogP contribution in [-0.2, 0) is 16.8 Å². The number of para-hydroxylation sites is 1. The molecule has 4 aromatic rings. The van der Waals surface area contributed by atoms with E-state index in [1.807, 2.05) is 24.3 Å². The third-order valence-corrected chi connectivity index (χ3v) is 5.99. The molecule has 0 spiro atoms. The van der Waals surface area contributed by atoms with Gasteiger partial charge in [0.15, 0.2) is 0 Å². The Morgan fingerprint density at radius 3 is 2.21 bits per heavy atom. The number of esters is 1. The minimum Gasteiger partial charge on any atom is -0.457 e. The predicted octanol–water partition coefficient (Wildman–Crippen LogP) is 7.31. The Morgan fingerprint density at radius 1 is 0.939 bits per heavy atom. The van der Waals surface area contributed by atoms with Gasteiger partial charge in [0, 0.05) is 10.9 Å². The highest BCUT2D eigenvalue weighted by molar-refractivity contribution is 6.04. The van der Waals surface area contributed by atoms with Crippen molar-refractivity contribution in [1.82, 2.24) is 4.98 Å². The lowest BCUT2D eigenvalue weighted by atomic mass is 9.84. The number of carbonyl (C=O) groups excluding carboxylic acids is 1. The molecule has 0 saturated heterocycles. The number of hydrogen-bond donors (Lipinski definition) is 0. The van der Waals surface area contributed by atoms with E-state index in [2.05, 4.69) is 51.7 Å². The highest BCUT2D eigenvalue weighted by Gasteiger charge is 2.19. The maximum atomic E-state index is 13.4. The van der Waals surface area contributed by atoms with E-state index in [-0.39, 0.29) is 17.8 Å². The first-order valence-corrected chi connectivity index (χ1v) is 11.1. The second kappa shape index (κ2) is 8.78. The molecule has 1 heterocycles. The van der Waals surface area contributed by atoms with Crippen LogP contribution in [0.1, 0.15) is 53.4 Å². The molecule has 0 bridgehead atoms. The standard InChI is InChI=1S/C29H28FNO2/c1-18-14-21(29(3,4)5)15-19(2)25(18)17-33-28(32)24-16-27(20-10-12-22(30)13-11-20)31-26-9-7-6-8-23(24)26/h6-16H,17H2,1-5H3. The molecule has 0 aliphatic rings. The fourth-order valence-corrected chi connectivity index (χ4v) is 3.98. The summed E-state index contributed by atoms with van der Waals surface area (Å²) in [6.45, 7) is 10.9. The number of fused-ring (bicyclic) bond motifs is 1. The summed E-state index contributed by atoms with van der Waals surface area (Å²) < 4.78 is 19.2. The maximum Gasteiger partial charge on any atom is 0.339 e. The lowest BCUT2D eigenvalue weighted by Gasteiger charge is -2.22. The smallest absolute Gasteiger partial charge is 0.339 e. The quantitative estimate of drug-likeness (QED) is 0.312. The number of rotatable bonds is 4. The highest BCUT2D eigenvalue weighted by atomic mass is 19.1. The molecule has 3 aromatic carbocycles. The average Bonchev–Trinajstić information content (AvgIpc) is 2.77. The van der Waals surface area contributed by atoms with Crippen molar-refractivity contribution >= 4 is 16.9 Å². The summed E-state index contributed by atoms with van der Waals surface area (Å²) in [6, 6.07) is 19.6. The molecule has 4 rings (SSSR count). The Morgan fingerprint density at radius 2 is 1.58 bits per heavy atom. The lowest BCUT2D eigenvalue weighted by Crippen LogP contribution is -2.13. The molecule has 0 N–H and O–H groups in total. The summed E-state index contributed by atoms with van der Waals surface area (Å²) in [5.41, 5.74) is 7.03. The fourth-order valence-electron chi connectivity index (χ4n) is 3.98. The van der Waals surface area contributed by atoms with E-state index in [1.54, 1.807) is 18.2 Å². The van der Waals surface area contributed by atoms with Crippen molar-refractivity contribution < 1.29 is 13.9 Å². The first-order valence-electron chi connectivity index (χ1n) is 11.1. The fraction of sp³-hybridized carbons (Fsp3) is 0.241. The molecule has 168 valence electrons. The molecule has 0 aliphatic heterocycles. The van der Waals surface area contributed by atoms with Crippen LogP contribution in [0.25, 0.3) is 22.2 Å². The predicted molar refractivity (Wildman–Crippen MR) is 131 cm³/mol. The van der Waals surface area contributed by atoms with Gasteiger partial charge in [-0.05, 0) is 77.9 Å². The topological polar surface area (TPSA) is 39.2 Å². The van der Waals surface area contributed by atoms with Gasteiger partial charge in [0.2, 0.25) is 0 Å². The normalized spacial score (nSPS) is 11.6. The monoisotopic (exact) mass is 441 g/mol. The molecule has 0 saturated carbocycles. The molecule has 0 unspecified atom stereocenters. The van der Waals surface area contributed by atoms with Gasteiger partial charge in [-0.1, -0.05) is 51.1 Å². The number of ether oxygens (including phenoxy) is 1. The zero-order chi connectivity index (χ0) is 23.8. The largest absolute Gasteiger partial charge is 0.457 e. The molecule has 1 aromatic heterocycles. The number of carbonyl (C=O) groups is 1. The molecule has 0 atom stereocenters. The number of pyridine rings is 1. The number of aryl methyl sites for hydroxylation is 2. The van der Waals surface area contributed by atoms with Crippen molar-refractivity contribution in [3.8, 4) is 11.3 Å². The van der Waals surface area contributed by atoms with Crippen molar-refractivity contribution in [2.75, 3.05) is 0 Å². The minimum atomic E-state index is -0.407. The van der Waals surface area contributed by atoms with Gasteiger partial charge in [0.1, 0.15) is 12.4 Å². The molecule has 33 heavy (non-hydrogen) atoms. The first kappa shape index (κ1) is 22.7. The van der Waals surface area contributed by atoms with Crippen molar-refractivity contribution in [3.05, 3.63) is 100 Å². The Hall–Kier alpha value is -3.53. The second-order valence-electron chi connectivity index (χ2n) is 9.49. The Kier molecular flexibility index (Phi) is 6.03. The van der Waals surface area contributed by atoms with Gasteiger partial charge in [0.25, 0.3) is 0 Å². The summed E-state index contributed by atoms with van der Waals surface area (Å²) >= 11 is 0. The van der Waals surface area contributed by atoms with Crippen LogP contribution in [0, 0.1) is 19.7 Å². The number of benzene rings is 3. The van der Waals surface area contributed by atoms with Gasteiger partial charge < -0.3 is 4.74 Å². The van der Waals surface area contributed by atoms with Gasteiger partial charge in [0.05, 0.1) is 16.8 Å². The summed E-state index contributed by atoms with van der Waals surface area (Å²) in [4.78, 5) is 17.9. The second-order valence-corrected chi connectivity index (χ2v) is 9.49. The van der Waals surface area contributed by atoms with E-state index in [0.717, 1.165) is 27.6 Å². The van der Waals surface area contributed by atoms with Gasteiger partial charge in [-0.15, -0.1) is 0 Å². The molecule has 3 nitrogen and oxygen atoms in total. The number of nitrogens with zero attached hydrogens (tertiary/aromatic N) is 1. The Bertz CT molecular complexity index is 1310. The lowest BCUT2D eigenvalue weighted by molar-refractivity contribution is 0.0474. The highest BCUT2D eigenvalue weighted by Crippen LogP contribution is 2.29. The Labute approximate surface area is 194 Å². The SMILES string of the molecule is Cc1cc(C(C)(C)C)cc(C)c1COC(=O)c1cc(-c2ccc(F)cc2)nc2ccccc12. The van der Waals surface area contributed by atoms with Gasteiger partial charge in [-0.3, -0.25) is 0 Å². The zero-order valence-corrected chi connectivity index (χ0v) is 19.7. The van der Waals surface area contributed by atoms with E-state index >= 15 is 0 Å². The van der Waals surface area contributed by atoms with Gasteiger partial charge >= 0.3 is 5.97 Å². The van der Waals surface area contributed by atoms with E-state index in [0.29, 0.717) is 16.8 Å². The number of aromatic nitrogens is 1. The van der Waals surface area contributed by atoms with Crippen molar-refractivity contribution in [2.24, 2.45) is 0 Å². The minimum absolute atomic E-state index is 0.0530. The number of hydrogen-bond acceptors (Lipinski definition) is 3. The van der Waals surface area contributed by atoms with Gasteiger partial charge in [-0.25, -0.2) is 14.2 Å². The molecule has 0 radical (unpaired) electrons. The van der Waals surface area contributed by atoms with Crippen LogP contribution in [0.2, 0.25) is 0 Å². The van der Waals surface area contributed by atoms with E-state index in [4.69, 9.17) is 4.74 Å². The maximum absolute atomic E-state index is 13.4. The van der Waals surface area contributed by atoms with Crippen LogP contribution in [0.5, 0.6) is 0 Å². The molecule has 4 heteroatoms. The molecule has 0 amide bonds. The molecule has 0 aliphatic carbocycles. The first-order chi connectivity index (χ1) is 15.6. The summed E-state index contributed by atoms with van der Waals surface area (Å²) in [7, 11) is 0. The van der Waals surface area contributed by atoms with Gasteiger partial charge in [-0.2, -0.15) is 0 Å². The third-order valence-electron chi connectivity index (χ3n) is 5.99. The summed E-state index contributed by atoms with van der Waals surface area (Å²) in [6.07, 6.45) is 0. The third kappa shape index (κ3) is 4.80. The van der Waals surface area contributed by atoms with Crippen molar-refractivity contribution in [2.45, 2.75) is 46.6 Å². The zero-order valence-electron chi connectivity index (χ0n) is 19.7. The van der Waals surface area contributed by atoms with E-state index in [9.17, 15) is 9.18 Å². The van der Waals surface area contributed by atoms with Crippen LogP contribution < -0.4 is 0 Å². The summed E-state index contributed by atoms with van der Waals surface area (Å²) in [5, 5.41) is 0.727.